The average molecular weight is 186 g/mol. The number of ether oxygens (including phenoxy) is 1. The maximum atomic E-state index is 12.6. The second-order valence-corrected chi connectivity index (χ2v) is 2.21. The lowest BCUT2D eigenvalue weighted by atomic mass is 10.3. The van der Waals surface area contributed by atoms with Crippen LogP contribution in [0.3, 0.4) is 0 Å². The summed E-state index contributed by atoms with van der Waals surface area (Å²) in [5.74, 6) is -0.414. The molecule has 1 aromatic rings. The lowest BCUT2D eigenvalue weighted by Gasteiger charge is -2.04. The van der Waals surface area contributed by atoms with Crippen molar-refractivity contribution in [1.29, 1.82) is 0 Å². The lowest BCUT2D eigenvalue weighted by molar-refractivity contribution is -0.445. The van der Waals surface area contributed by atoms with Crippen LogP contribution in [0.5, 0.6) is 5.75 Å². The second kappa shape index (κ2) is 3.70. The number of methoxy groups -OCH3 is 1. The van der Waals surface area contributed by atoms with E-state index in [0.29, 0.717) is 0 Å². The molecule has 1 rings (SSSR count). The Hall–Kier alpha value is -1.85. The smallest absolute Gasteiger partial charge is 0.162 e. The highest BCUT2D eigenvalue weighted by Crippen LogP contribution is 2.24. The van der Waals surface area contributed by atoms with Crippen molar-refractivity contribution in [2.75, 3.05) is 12.5 Å². The van der Waals surface area contributed by atoms with Crippen molar-refractivity contribution in [1.82, 2.24) is 0 Å². The maximum Gasteiger partial charge on any atom is 0.162 e. The molecule has 1 N–H and O–H groups in total. The minimum Gasteiger partial charge on any atom is -0.494 e. The molecule has 0 saturated carbocycles. The molecule has 0 aliphatic rings. The van der Waals surface area contributed by atoms with Gasteiger partial charge in [0.25, 0.3) is 0 Å². The Kier molecular flexibility index (Phi) is 2.63. The Morgan fingerprint density at radius 1 is 1.62 bits per heavy atom. The number of nitro groups is 1. The molecule has 1 aromatic carbocycles. The highest BCUT2D eigenvalue weighted by atomic mass is 19.1. The van der Waals surface area contributed by atoms with Crippen LogP contribution in [-0.4, -0.2) is 12.1 Å². The van der Waals surface area contributed by atoms with Crippen LogP contribution in [0, 0.1) is 15.9 Å². The van der Waals surface area contributed by atoms with Crippen molar-refractivity contribution in [2.45, 2.75) is 0 Å². The van der Waals surface area contributed by atoms with E-state index in [4.69, 9.17) is 4.74 Å². The zero-order valence-electron chi connectivity index (χ0n) is 6.78. The Morgan fingerprint density at radius 2 is 2.31 bits per heavy atom. The first-order valence-corrected chi connectivity index (χ1v) is 3.38. The van der Waals surface area contributed by atoms with Crippen LogP contribution < -0.4 is 10.2 Å². The van der Waals surface area contributed by atoms with Crippen LogP contribution in [0.15, 0.2) is 18.2 Å². The van der Waals surface area contributed by atoms with E-state index < -0.39 is 10.8 Å². The van der Waals surface area contributed by atoms with Crippen molar-refractivity contribution >= 4 is 5.69 Å². The van der Waals surface area contributed by atoms with Crippen LogP contribution in [0.1, 0.15) is 0 Å². The van der Waals surface area contributed by atoms with E-state index in [9.17, 15) is 14.5 Å². The van der Waals surface area contributed by atoms with Crippen molar-refractivity contribution in [3.05, 3.63) is 34.1 Å². The number of anilines is 1. The van der Waals surface area contributed by atoms with Gasteiger partial charge in [-0.3, -0.25) is 0 Å². The number of hydrogen-bond acceptors (Lipinski definition) is 3. The fraction of sp³-hybridized carbons (Fsp3) is 0.143. The van der Waals surface area contributed by atoms with E-state index in [1.807, 2.05) is 5.43 Å². The molecule has 70 valence electrons. The van der Waals surface area contributed by atoms with Gasteiger partial charge in [-0.15, -0.1) is 5.43 Å². The third-order valence-corrected chi connectivity index (χ3v) is 1.38. The Morgan fingerprint density at radius 3 is 2.85 bits per heavy atom. The molecule has 0 unspecified atom stereocenters. The zero-order valence-corrected chi connectivity index (χ0v) is 6.78. The van der Waals surface area contributed by atoms with Gasteiger partial charge in [-0.2, -0.15) is 0 Å². The normalized spacial score (nSPS) is 9.38. The molecular weight excluding hydrogens is 179 g/mol. The minimum absolute atomic E-state index is 0.0942. The van der Waals surface area contributed by atoms with Crippen LogP contribution in [-0.2, 0) is 0 Å². The van der Waals surface area contributed by atoms with Crippen LogP contribution >= 0.6 is 0 Å². The van der Waals surface area contributed by atoms with Crippen molar-refractivity contribution in [2.24, 2.45) is 0 Å². The van der Waals surface area contributed by atoms with Crippen molar-refractivity contribution in [3.8, 4) is 5.75 Å². The van der Waals surface area contributed by atoms with Gasteiger partial charge in [0.15, 0.2) is 10.8 Å². The molecule has 0 aliphatic carbocycles. The minimum atomic E-state index is -0.740. The maximum absolute atomic E-state index is 12.6. The lowest BCUT2D eigenvalue weighted by Crippen LogP contribution is -2.08. The van der Waals surface area contributed by atoms with E-state index in [1.165, 1.54) is 13.2 Å². The largest absolute Gasteiger partial charge is 0.494 e. The summed E-state index contributed by atoms with van der Waals surface area (Å²) in [6, 6.07) is 3.40. The van der Waals surface area contributed by atoms with Gasteiger partial charge < -0.3 is 4.74 Å². The highest BCUT2D eigenvalue weighted by molar-refractivity contribution is 5.54. The van der Waals surface area contributed by atoms with Gasteiger partial charge >= 0.3 is 0 Å². The fourth-order valence-electron chi connectivity index (χ4n) is 0.856. The van der Waals surface area contributed by atoms with E-state index in [0.717, 1.165) is 12.1 Å². The first-order valence-electron chi connectivity index (χ1n) is 3.38. The summed E-state index contributed by atoms with van der Waals surface area (Å²) >= 11 is 0. The number of halogens is 1. The summed E-state index contributed by atoms with van der Waals surface area (Å²) in [5.41, 5.74) is 2.00. The number of rotatable bonds is 3. The SMILES string of the molecule is COc1cc(F)ccc1N[N+](=O)[O-]. The van der Waals surface area contributed by atoms with Gasteiger partial charge in [-0.25, -0.2) is 14.5 Å². The first-order chi connectivity index (χ1) is 6.13. The summed E-state index contributed by atoms with van der Waals surface area (Å²) in [7, 11) is 1.31. The van der Waals surface area contributed by atoms with Gasteiger partial charge in [-0.05, 0) is 12.1 Å². The molecule has 0 bridgehead atoms. The summed E-state index contributed by atoms with van der Waals surface area (Å²) in [4.78, 5) is 10.1. The Balaban J connectivity index is 2.99. The van der Waals surface area contributed by atoms with E-state index in [1.54, 1.807) is 0 Å². The van der Waals surface area contributed by atoms with Gasteiger partial charge in [0, 0.05) is 6.07 Å². The molecule has 0 aromatic heterocycles. The van der Waals surface area contributed by atoms with E-state index in [2.05, 4.69) is 0 Å². The molecule has 6 heteroatoms. The monoisotopic (exact) mass is 186 g/mol. The van der Waals surface area contributed by atoms with Gasteiger partial charge in [0.05, 0.1) is 7.11 Å². The van der Waals surface area contributed by atoms with Crippen molar-refractivity contribution < 1.29 is 14.2 Å². The van der Waals surface area contributed by atoms with Crippen LogP contribution in [0.2, 0.25) is 0 Å². The van der Waals surface area contributed by atoms with E-state index in [-0.39, 0.29) is 11.4 Å². The molecule has 0 radical (unpaired) electrons. The number of hydrogen-bond donors (Lipinski definition) is 1. The van der Waals surface area contributed by atoms with E-state index >= 15 is 0 Å². The summed E-state index contributed by atoms with van der Waals surface area (Å²) in [6.45, 7) is 0. The predicted molar refractivity (Wildman–Crippen MR) is 43.6 cm³/mol. The molecule has 0 fully saturated rings. The number of hydrazine groups is 1. The standard InChI is InChI=1S/C7H7FN2O3/c1-13-7-4-5(8)2-3-6(7)9-10(11)12/h2-4,9H,1H3. The summed E-state index contributed by atoms with van der Waals surface area (Å²) in [6.07, 6.45) is 0. The zero-order chi connectivity index (χ0) is 9.84. The Bertz CT molecular complexity index is 330. The average Bonchev–Trinajstić information content (AvgIpc) is 2.07. The van der Waals surface area contributed by atoms with Gasteiger partial charge in [0.1, 0.15) is 11.5 Å². The molecule has 0 saturated heterocycles. The topological polar surface area (TPSA) is 64.4 Å². The predicted octanol–water partition coefficient (Wildman–Crippen LogP) is 1.44. The molecule has 13 heavy (non-hydrogen) atoms. The van der Waals surface area contributed by atoms with Crippen molar-refractivity contribution in [3.63, 3.8) is 0 Å². The molecular formula is C7H7FN2O3. The summed E-state index contributed by atoms with van der Waals surface area (Å²) in [5, 5.41) is 9.33. The molecule has 5 nitrogen and oxygen atoms in total. The second-order valence-electron chi connectivity index (χ2n) is 2.21. The fourth-order valence-corrected chi connectivity index (χ4v) is 0.856. The first kappa shape index (κ1) is 9.24. The van der Waals surface area contributed by atoms with Gasteiger partial charge in [0.2, 0.25) is 0 Å². The number of benzene rings is 1. The Labute approximate surface area is 73.2 Å². The van der Waals surface area contributed by atoms with Crippen LogP contribution in [0.25, 0.3) is 0 Å². The van der Waals surface area contributed by atoms with Crippen LogP contribution in [0.4, 0.5) is 10.1 Å². The molecule has 0 spiro atoms. The third kappa shape index (κ3) is 2.29. The number of nitrogens with zero attached hydrogens (tertiary/aromatic N) is 1. The molecule has 0 atom stereocenters. The number of nitrogens with one attached hydrogen (secondary N) is 1. The molecule has 0 aliphatic heterocycles. The highest BCUT2D eigenvalue weighted by Gasteiger charge is 2.07. The van der Waals surface area contributed by atoms with Gasteiger partial charge in [-0.1, -0.05) is 0 Å². The third-order valence-electron chi connectivity index (χ3n) is 1.38. The molecule has 0 amide bonds. The quantitative estimate of drug-likeness (QED) is 0.573. The molecule has 0 heterocycles. The summed E-state index contributed by atoms with van der Waals surface area (Å²) < 4.78 is 17.3.